The van der Waals surface area contributed by atoms with Crippen molar-refractivity contribution < 1.29 is 22.8 Å². The quantitative estimate of drug-likeness (QED) is 0.656. The Morgan fingerprint density at radius 3 is 2.50 bits per heavy atom. The maximum absolute atomic E-state index is 12.4. The fourth-order valence-electron chi connectivity index (χ4n) is 3.26. The van der Waals surface area contributed by atoms with Crippen LogP contribution in [0.4, 0.5) is 18.9 Å². The first kappa shape index (κ1) is 16.5. The van der Waals surface area contributed by atoms with Gasteiger partial charge in [-0.2, -0.15) is 13.2 Å². The van der Waals surface area contributed by atoms with Gasteiger partial charge in [-0.25, -0.2) is 4.98 Å². The van der Waals surface area contributed by atoms with E-state index in [2.05, 4.69) is 27.8 Å². The molecule has 2 aliphatic rings. The minimum Gasteiger partial charge on any atom is -0.348 e. The van der Waals surface area contributed by atoms with E-state index in [-0.39, 0.29) is 5.69 Å². The Bertz CT molecular complexity index is 670. The molecule has 0 aromatic carbocycles. The molecule has 3 atom stereocenters. The van der Waals surface area contributed by atoms with E-state index in [9.17, 15) is 22.8 Å². The van der Waals surface area contributed by atoms with Gasteiger partial charge in [-0.15, -0.1) is 0 Å². The number of aromatic nitrogens is 1. The van der Waals surface area contributed by atoms with E-state index in [1.165, 1.54) is 0 Å². The number of nitrogens with zero attached hydrogens (tertiary/aromatic N) is 1. The number of nitrogens with one attached hydrogen (secondary N) is 2. The molecule has 1 aromatic rings. The van der Waals surface area contributed by atoms with Crippen LogP contribution in [-0.4, -0.2) is 23.3 Å². The highest BCUT2D eigenvalue weighted by Gasteiger charge is 2.36. The van der Waals surface area contributed by atoms with Gasteiger partial charge in [-0.05, 0) is 42.7 Å². The van der Waals surface area contributed by atoms with Crippen LogP contribution in [0.2, 0.25) is 0 Å². The Kier molecular flexibility index (Phi) is 4.29. The van der Waals surface area contributed by atoms with Gasteiger partial charge in [0.2, 0.25) is 0 Å². The van der Waals surface area contributed by atoms with Crippen molar-refractivity contribution in [1.82, 2.24) is 10.3 Å². The Morgan fingerprint density at radius 1 is 1.17 bits per heavy atom. The van der Waals surface area contributed by atoms with Crippen LogP contribution in [0.25, 0.3) is 0 Å². The maximum atomic E-state index is 12.4. The lowest BCUT2D eigenvalue weighted by Crippen LogP contribution is -2.38. The summed E-state index contributed by atoms with van der Waals surface area (Å²) in [6, 6.07) is 1.80. The first-order chi connectivity index (χ1) is 11.3. The molecule has 1 saturated carbocycles. The highest BCUT2D eigenvalue weighted by molar-refractivity contribution is 6.39. The normalized spacial score (nSPS) is 24.9. The molecule has 3 rings (SSSR count). The van der Waals surface area contributed by atoms with Crippen molar-refractivity contribution in [2.45, 2.75) is 19.0 Å². The van der Waals surface area contributed by atoms with Crippen LogP contribution in [0.15, 0.2) is 30.5 Å². The number of carbonyl (C=O) groups excluding carboxylic acids is 2. The lowest BCUT2D eigenvalue weighted by Gasteiger charge is -2.18. The third kappa shape index (κ3) is 3.58. The van der Waals surface area contributed by atoms with Crippen molar-refractivity contribution in [3.63, 3.8) is 0 Å². The second-order valence-corrected chi connectivity index (χ2v) is 6.13. The van der Waals surface area contributed by atoms with Crippen molar-refractivity contribution in [3.05, 3.63) is 36.2 Å². The van der Waals surface area contributed by atoms with E-state index in [0.717, 1.165) is 31.2 Å². The van der Waals surface area contributed by atoms with E-state index in [1.807, 2.05) is 0 Å². The van der Waals surface area contributed by atoms with Gasteiger partial charge < -0.3 is 10.6 Å². The number of rotatable bonds is 3. The lowest BCUT2D eigenvalue weighted by molar-refractivity contribution is -0.141. The van der Waals surface area contributed by atoms with Gasteiger partial charge in [0.25, 0.3) is 0 Å². The van der Waals surface area contributed by atoms with Gasteiger partial charge in [0.05, 0.1) is 11.9 Å². The fraction of sp³-hybridized carbons (Fsp3) is 0.438. The average Bonchev–Trinajstić information content (AvgIpc) is 3.15. The minimum atomic E-state index is -4.55. The third-order valence-corrected chi connectivity index (χ3v) is 4.46. The largest absolute Gasteiger partial charge is 0.433 e. The molecule has 0 unspecified atom stereocenters. The zero-order valence-corrected chi connectivity index (χ0v) is 12.6. The minimum absolute atomic E-state index is 0.0333. The molecule has 2 aliphatic carbocycles. The fourth-order valence-corrected chi connectivity index (χ4v) is 3.26. The molecular weight excluding hydrogens is 323 g/mol. The summed E-state index contributed by atoms with van der Waals surface area (Å²) in [5.41, 5.74) is -1.03. The molecule has 128 valence electrons. The van der Waals surface area contributed by atoms with E-state index in [1.54, 1.807) is 0 Å². The number of hydrogen-bond donors (Lipinski definition) is 2. The topological polar surface area (TPSA) is 71.1 Å². The molecule has 0 aliphatic heterocycles. The summed E-state index contributed by atoms with van der Waals surface area (Å²) in [6.45, 7) is 0.420. The molecule has 8 heteroatoms. The van der Waals surface area contributed by atoms with Gasteiger partial charge >= 0.3 is 18.0 Å². The number of halogens is 3. The predicted molar refractivity (Wildman–Crippen MR) is 79.7 cm³/mol. The van der Waals surface area contributed by atoms with Gasteiger partial charge in [0, 0.05) is 6.54 Å². The van der Waals surface area contributed by atoms with E-state index < -0.39 is 23.7 Å². The first-order valence-electron chi connectivity index (χ1n) is 7.63. The van der Waals surface area contributed by atoms with E-state index >= 15 is 0 Å². The standard InChI is InChI=1S/C16H16F3N3O2/c17-16(18,19)13-4-3-12(8-20-13)22-15(24)14(23)21-7-11-6-9-1-2-10(11)5-9/h1-4,8-11H,5-7H2,(H,21,23)(H,22,24)/t9-,10-,11-/m0/s1. The summed E-state index contributed by atoms with van der Waals surface area (Å²) in [7, 11) is 0. The van der Waals surface area contributed by atoms with E-state index in [4.69, 9.17) is 0 Å². The molecular formula is C16H16F3N3O2. The molecule has 2 amide bonds. The van der Waals surface area contributed by atoms with Crippen molar-refractivity contribution in [2.24, 2.45) is 17.8 Å². The first-order valence-corrected chi connectivity index (χ1v) is 7.63. The highest BCUT2D eigenvalue weighted by atomic mass is 19.4. The Hall–Kier alpha value is -2.38. The predicted octanol–water partition coefficient (Wildman–Crippen LogP) is 2.37. The van der Waals surface area contributed by atoms with Crippen LogP contribution in [0.5, 0.6) is 0 Å². The van der Waals surface area contributed by atoms with E-state index in [0.29, 0.717) is 24.3 Å². The maximum Gasteiger partial charge on any atom is 0.433 e. The highest BCUT2D eigenvalue weighted by Crippen LogP contribution is 2.42. The second kappa shape index (κ2) is 6.26. The smallest absolute Gasteiger partial charge is 0.348 e. The van der Waals surface area contributed by atoms with Crippen LogP contribution >= 0.6 is 0 Å². The molecule has 0 spiro atoms. The average molecular weight is 339 g/mol. The van der Waals surface area contributed by atoms with Crippen LogP contribution in [0, 0.1) is 17.8 Å². The number of allylic oxidation sites excluding steroid dienone is 2. The van der Waals surface area contributed by atoms with Crippen LogP contribution in [0.3, 0.4) is 0 Å². The zero-order valence-electron chi connectivity index (χ0n) is 12.6. The SMILES string of the molecule is O=C(NC[C@@H]1C[C@H]2C=C[C@H]1C2)C(=O)Nc1ccc(C(F)(F)F)nc1. The number of alkyl halides is 3. The number of amides is 2. The summed E-state index contributed by atoms with van der Waals surface area (Å²) < 4.78 is 37.2. The van der Waals surface area contributed by atoms with Gasteiger partial charge in [0.1, 0.15) is 5.69 Å². The zero-order chi connectivity index (χ0) is 17.3. The number of anilines is 1. The van der Waals surface area contributed by atoms with Crippen molar-refractivity contribution in [2.75, 3.05) is 11.9 Å². The van der Waals surface area contributed by atoms with Crippen molar-refractivity contribution in [3.8, 4) is 0 Å². The molecule has 2 bridgehead atoms. The second-order valence-electron chi connectivity index (χ2n) is 6.13. The van der Waals surface area contributed by atoms with Gasteiger partial charge in [-0.3, -0.25) is 9.59 Å². The Morgan fingerprint density at radius 2 is 1.96 bits per heavy atom. The third-order valence-electron chi connectivity index (χ3n) is 4.46. The van der Waals surface area contributed by atoms with Gasteiger partial charge in [0.15, 0.2) is 0 Å². The molecule has 1 fully saturated rings. The summed E-state index contributed by atoms with van der Waals surface area (Å²) >= 11 is 0. The number of pyridine rings is 1. The molecule has 2 N–H and O–H groups in total. The van der Waals surface area contributed by atoms with Crippen LogP contribution in [0.1, 0.15) is 18.5 Å². The lowest BCUT2D eigenvalue weighted by atomic mass is 9.94. The summed E-state index contributed by atoms with van der Waals surface area (Å²) in [5, 5.41) is 4.81. The van der Waals surface area contributed by atoms with Crippen molar-refractivity contribution in [1.29, 1.82) is 0 Å². The molecule has 0 saturated heterocycles. The number of carbonyl (C=O) groups is 2. The number of fused-ring (bicyclic) bond motifs is 2. The summed E-state index contributed by atoms with van der Waals surface area (Å²) in [5.74, 6) is -0.359. The Labute approximate surface area is 136 Å². The molecule has 1 heterocycles. The Balaban J connectivity index is 1.49. The molecule has 1 aromatic heterocycles. The molecule has 0 radical (unpaired) electrons. The van der Waals surface area contributed by atoms with Gasteiger partial charge in [-0.1, -0.05) is 12.2 Å². The summed E-state index contributed by atoms with van der Waals surface area (Å²) in [6.07, 6.45) is 2.77. The molecule has 24 heavy (non-hydrogen) atoms. The van der Waals surface area contributed by atoms with Crippen molar-refractivity contribution >= 4 is 17.5 Å². The molecule has 5 nitrogen and oxygen atoms in total. The summed E-state index contributed by atoms with van der Waals surface area (Å²) in [4.78, 5) is 26.8. The number of hydrogen-bond acceptors (Lipinski definition) is 3. The van der Waals surface area contributed by atoms with Crippen LogP contribution in [-0.2, 0) is 15.8 Å². The van der Waals surface area contributed by atoms with Crippen LogP contribution < -0.4 is 10.6 Å². The monoisotopic (exact) mass is 339 g/mol.